The predicted octanol–water partition coefficient (Wildman–Crippen LogP) is 3.28. The van der Waals surface area contributed by atoms with Crippen LogP contribution in [0.2, 0.25) is 0 Å². The van der Waals surface area contributed by atoms with E-state index in [1.54, 1.807) is 34.9 Å². The van der Waals surface area contributed by atoms with Gasteiger partial charge in [0.25, 0.3) is 5.91 Å². The van der Waals surface area contributed by atoms with Gasteiger partial charge in [0.15, 0.2) is 22.5 Å². The van der Waals surface area contributed by atoms with Crippen LogP contribution in [0.15, 0.2) is 60.3 Å². The molecule has 0 radical (unpaired) electrons. The van der Waals surface area contributed by atoms with Gasteiger partial charge in [0, 0.05) is 17.8 Å². The predicted molar refractivity (Wildman–Crippen MR) is 127 cm³/mol. The van der Waals surface area contributed by atoms with E-state index in [1.807, 2.05) is 0 Å². The maximum Gasteiger partial charge on any atom is 0.251 e. The molecule has 3 aromatic rings. The minimum absolute atomic E-state index is 0.0454. The van der Waals surface area contributed by atoms with Crippen LogP contribution in [0.25, 0.3) is 0 Å². The number of hydrogen-bond donors (Lipinski definition) is 2. The molecule has 0 unspecified atom stereocenters. The molecule has 2 N–H and O–H groups in total. The van der Waals surface area contributed by atoms with Crippen molar-refractivity contribution >= 4 is 29.3 Å². The van der Waals surface area contributed by atoms with Crippen LogP contribution in [0.1, 0.15) is 16.2 Å². The number of thioether (sulfide) groups is 1. The summed E-state index contributed by atoms with van der Waals surface area (Å²) in [6.07, 6.45) is 1.67. The molecule has 0 bridgehead atoms. The molecular weight excluding hydrogens is 461 g/mol. The Labute approximate surface area is 200 Å². The molecule has 0 aliphatic carbocycles. The van der Waals surface area contributed by atoms with Crippen molar-refractivity contribution in [2.75, 3.05) is 25.3 Å². The second-order valence-electron chi connectivity index (χ2n) is 6.90. The molecule has 2 amide bonds. The average molecular weight is 486 g/mol. The van der Waals surface area contributed by atoms with Crippen molar-refractivity contribution in [1.29, 1.82) is 0 Å². The largest absolute Gasteiger partial charge is 0.493 e. The summed E-state index contributed by atoms with van der Waals surface area (Å²) in [6, 6.07) is 10.5. The fraction of sp³-hybridized carbons (Fsp3) is 0.217. The highest BCUT2D eigenvalue weighted by Gasteiger charge is 2.16. The summed E-state index contributed by atoms with van der Waals surface area (Å²) in [5, 5.41) is 14.2. The summed E-state index contributed by atoms with van der Waals surface area (Å²) in [7, 11) is 3.01. The van der Waals surface area contributed by atoms with E-state index in [9.17, 15) is 14.0 Å². The fourth-order valence-corrected chi connectivity index (χ4v) is 3.77. The summed E-state index contributed by atoms with van der Waals surface area (Å²) in [4.78, 5) is 24.8. The van der Waals surface area contributed by atoms with E-state index in [-0.39, 0.29) is 24.1 Å². The lowest BCUT2D eigenvalue weighted by Crippen LogP contribution is -2.25. The molecule has 0 aliphatic heterocycles. The second kappa shape index (κ2) is 11.8. The van der Waals surface area contributed by atoms with Gasteiger partial charge in [-0.3, -0.25) is 9.59 Å². The SMILES string of the molecule is C=CCn1c(CNC(=O)c2ccc(OC)c(OC)c2)nnc1SCC(=O)Nc1cccc(F)c1. The van der Waals surface area contributed by atoms with Crippen LogP contribution in [0.5, 0.6) is 11.5 Å². The normalized spacial score (nSPS) is 10.4. The summed E-state index contributed by atoms with van der Waals surface area (Å²) in [5.41, 5.74) is 0.771. The summed E-state index contributed by atoms with van der Waals surface area (Å²) < 4.78 is 25.5. The van der Waals surface area contributed by atoms with E-state index >= 15 is 0 Å². The molecule has 1 heterocycles. The quantitative estimate of drug-likeness (QED) is 0.317. The topological polar surface area (TPSA) is 107 Å². The summed E-state index contributed by atoms with van der Waals surface area (Å²) in [5.74, 6) is 0.444. The van der Waals surface area contributed by atoms with Crippen molar-refractivity contribution in [2.45, 2.75) is 18.2 Å². The monoisotopic (exact) mass is 485 g/mol. The van der Waals surface area contributed by atoms with E-state index in [2.05, 4.69) is 27.4 Å². The highest BCUT2D eigenvalue weighted by Crippen LogP contribution is 2.27. The van der Waals surface area contributed by atoms with E-state index in [1.165, 1.54) is 44.2 Å². The van der Waals surface area contributed by atoms with Crippen LogP contribution < -0.4 is 20.1 Å². The maximum atomic E-state index is 13.3. The first-order valence-corrected chi connectivity index (χ1v) is 11.1. The minimum Gasteiger partial charge on any atom is -0.493 e. The van der Waals surface area contributed by atoms with Crippen LogP contribution in [0.3, 0.4) is 0 Å². The second-order valence-corrected chi connectivity index (χ2v) is 7.84. The lowest BCUT2D eigenvalue weighted by molar-refractivity contribution is -0.113. The molecule has 0 spiro atoms. The molecule has 0 aliphatic rings. The first-order valence-electron chi connectivity index (χ1n) is 10.2. The Morgan fingerprint density at radius 3 is 2.65 bits per heavy atom. The van der Waals surface area contributed by atoms with Gasteiger partial charge in [0.1, 0.15) is 5.82 Å². The first-order chi connectivity index (χ1) is 16.4. The number of nitrogens with one attached hydrogen (secondary N) is 2. The van der Waals surface area contributed by atoms with E-state index in [0.717, 1.165) is 0 Å². The highest BCUT2D eigenvalue weighted by atomic mass is 32.2. The molecule has 0 fully saturated rings. The Morgan fingerprint density at radius 1 is 1.15 bits per heavy atom. The van der Waals surface area contributed by atoms with Crippen LogP contribution in [-0.2, 0) is 17.9 Å². The number of hydrogen-bond acceptors (Lipinski definition) is 7. The third kappa shape index (κ3) is 6.35. The number of benzene rings is 2. The zero-order valence-corrected chi connectivity index (χ0v) is 19.5. The number of carbonyl (C=O) groups excluding carboxylic acids is 2. The van der Waals surface area contributed by atoms with Crippen LogP contribution in [-0.4, -0.2) is 46.6 Å². The fourth-order valence-electron chi connectivity index (χ4n) is 3.00. The van der Waals surface area contributed by atoms with Crippen LogP contribution >= 0.6 is 11.8 Å². The molecule has 0 atom stereocenters. The molecule has 34 heavy (non-hydrogen) atoms. The minimum atomic E-state index is -0.434. The van der Waals surface area contributed by atoms with Gasteiger partial charge in [-0.1, -0.05) is 23.9 Å². The number of methoxy groups -OCH3 is 2. The number of nitrogens with zero attached hydrogens (tertiary/aromatic N) is 3. The number of carbonyl (C=O) groups is 2. The van der Waals surface area contributed by atoms with E-state index in [0.29, 0.717) is 40.3 Å². The van der Waals surface area contributed by atoms with Crippen molar-refractivity contribution < 1.29 is 23.5 Å². The standard InChI is InChI=1S/C23H24FN5O4S/c1-4-10-29-20(13-25-22(31)15-8-9-18(32-2)19(11-15)33-3)27-28-23(29)34-14-21(30)26-17-7-5-6-16(24)12-17/h4-9,11-12H,1,10,13-14H2,2-3H3,(H,25,31)(H,26,30). The van der Waals surface area contributed by atoms with Crippen LogP contribution in [0, 0.1) is 5.82 Å². The Morgan fingerprint density at radius 2 is 1.94 bits per heavy atom. The Bertz CT molecular complexity index is 1180. The number of amides is 2. The zero-order chi connectivity index (χ0) is 24.5. The summed E-state index contributed by atoms with van der Waals surface area (Å²) in [6.45, 7) is 4.25. The number of anilines is 1. The lowest BCUT2D eigenvalue weighted by atomic mass is 10.2. The van der Waals surface area contributed by atoms with Crippen molar-refractivity contribution in [2.24, 2.45) is 0 Å². The van der Waals surface area contributed by atoms with E-state index in [4.69, 9.17) is 9.47 Å². The zero-order valence-electron chi connectivity index (χ0n) is 18.7. The van der Waals surface area contributed by atoms with Gasteiger partial charge >= 0.3 is 0 Å². The third-order valence-electron chi connectivity index (χ3n) is 4.60. The third-order valence-corrected chi connectivity index (χ3v) is 5.57. The van der Waals surface area contributed by atoms with Gasteiger partial charge in [-0.25, -0.2) is 4.39 Å². The molecule has 1 aromatic heterocycles. The molecule has 2 aromatic carbocycles. The molecule has 0 saturated heterocycles. The molecule has 0 saturated carbocycles. The number of ether oxygens (including phenoxy) is 2. The molecule has 178 valence electrons. The number of halogens is 1. The van der Waals surface area contributed by atoms with Crippen molar-refractivity contribution in [1.82, 2.24) is 20.1 Å². The number of allylic oxidation sites excluding steroid dienone is 1. The van der Waals surface area contributed by atoms with E-state index < -0.39 is 5.82 Å². The lowest BCUT2D eigenvalue weighted by Gasteiger charge is -2.11. The highest BCUT2D eigenvalue weighted by molar-refractivity contribution is 7.99. The van der Waals surface area contributed by atoms with Crippen molar-refractivity contribution in [3.63, 3.8) is 0 Å². The smallest absolute Gasteiger partial charge is 0.251 e. The number of aromatic nitrogens is 3. The molecule has 11 heteroatoms. The number of rotatable bonds is 11. The van der Waals surface area contributed by atoms with Gasteiger partial charge < -0.3 is 24.7 Å². The van der Waals surface area contributed by atoms with Gasteiger partial charge in [-0.05, 0) is 36.4 Å². The first kappa shape index (κ1) is 24.8. The van der Waals surface area contributed by atoms with Gasteiger partial charge in [-0.2, -0.15) is 0 Å². The van der Waals surface area contributed by atoms with Crippen LogP contribution in [0.4, 0.5) is 10.1 Å². The molecule has 3 rings (SSSR count). The van der Waals surface area contributed by atoms with Gasteiger partial charge in [0.2, 0.25) is 5.91 Å². The van der Waals surface area contributed by atoms with Crippen molar-refractivity contribution in [3.8, 4) is 11.5 Å². The summed E-state index contributed by atoms with van der Waals surface area (Å²) >= 11 is 1.17. The van der Waals surface area contributed by atoms with Gasteiger partial charge in [0.05, 0.1) is 26.5 Å². The Kier molecular flexibility index (Phi) is 8.63. The maximum absolute atomic E-state index is 13.3. The van der Waals surface area contributed by atoms with Gasteiger partial charge in [-0.15, -0.1) is 16.8 Å². The van der Waals surface area contributed by atoms with Crippen molar-refractivity contribution in [3.05, 3.63) is 72.3 Å². The molecule has 9 nitrogen and oxygen atoms in total. The Hall–Kier alpha value is -3.86. The average Bonchev–Trinajstić information content (AvgIpc) is 3.22. The Balaban J connectivity index is 1.62. The molecular formula is C23H24FN5O4S.